The van der Waals surface area contributed by atoms with Crippen molar-refractivity contribution in [3.63, 3.8) is 0 Å². The van der Waals surface area contributed by atoms with Crippen LogP contribution < -0.4 is 15.0 Å². The average Bonchev–Trinajstić information content (AvgIpc) is 2.79. The number of hydrogen-bond acceptors (Lipinski definition) is 6. The number of anilines is 4. The van der Waals surface area contributed by atoms with Crippen LogP contribution in [0.15, 0.2) is 85.5 Å². The highest BCUT2D eigenvalue weighted by Gasteiger charge is 2.07. The third-order valence-corrected chi connectivity index (χ3v) is 4.56. The van der Waals surface area contributed by atoms with E-state index in [-0.39, 0.29) is 0 Å². The summed E-state index contributed by atoms with van der Waals surface area (Å²) in [5.74, 6) is 2.26. The number of ether oxygens (including phenoxy) is 1. The van der Waals surface area contributed by atoms with E-state index in [1.807, 2.05) is 78.8 Å². The standard InChI is InChI=1S/C23H21N5O/c1-28(20-9-4-3-5-10-20)23-13-22(25-16-26-23)27-19-8-6-7-17(11-19)18-12-21(29-2)15-24-14-18/h3-16H,1-2H3,(H,25,26,27). The van der Waals surface area contributed by atoms with Gasteiger partial charge in [0.15, 0.2) is 0 Å². The van der Waals surface area contributed by atoms with Crippen molar-refractivity contribution >= 4 is 23.0 Å². The predicted octanol–water partition coefficient (Wildman–Crippen LogP) is 5.06. The summed E-state index contributed by atoms with van der Waals surface area (Å²) in [6.07, 6.45) is 5.07. The molecule has 0 saturated heterocycles. The molecule has 0 aliphatic rings. The van der Waals surface area contributed by atoms with Crippen LogP contribution in [0.3, 0.4) is 0 Å². The molecule has 0 unspecified atom stereocenters. The molecule has 29 heavy (non-hydrogen) atoms. The van der Waals surface area contributed by atoms with E-state index in [2.05, 4.69) is 26.3 Å². The molecule has 144 valence electrons. The van der Waals surface area contributed by atoms with Crippen LogP contribution in [0.4, 0.5) is 23.0 Å². The van der Waals surface area contributed by atoms with E-state index in [1.165, 1.54) is 0 Å². The number of methoxy groups -OCH3 is 1. The number of pyridine rings is 1. The third kappa shape index (κ3) is 4.32. The van der Waals surface area contributed by atoms with Gasteiger partial charge in [0.05, 0.1) is 13.3 Å². The lowest BCUT2D eigenvalue weighted by Crippen LogP contribution is -2.11. The molecule has 0 amide bonds. The SMILES string of the molecule is COc1cncc(-c2cccc(Nc3cc(N(C)c4ccccc4)ncn3)c2)c1. The highest BCUT2D eigenvalue weighted by molar-refractivity contribution is 5.71. The van der Waals surface area contributed by atoms with Crippen LogP contribution in [0.25, 0.3) is 11.1 Å². The molecule has 4 rings (SSSR count). The minimum absolute atomic E-state index is 0.721. The van der Waals surface area contributed by atoms with Crippen molar-refractivity contribution in [2.75, 3.05) is 24.4 Å². The Hall–Kier alpha value is -3.93. The summed E-state index contributed by atoms with van der Waals surface area (Å²) in [4.78, 5) is 15.0. The predicted molar refractivity (Wildman–Crippen MR) is 116 cm³/mol. The topological polar surface area (TPSA) is 63.2 Å². The molecule has 0 bridgehead atoms. The molecule has 0 radical (unpaired) electrons. The molecule has 2 heterocycles. The van der Waals surface area contributed by atoms with Gasteiger partial charge in [-0.25, -0.2) is 9.97 Å². The highest BCUT2D eigenvalue weighted by Crippen LogP contribution is 2.27. The smallest absolute Gasteiger partial charge is 0.138 e. The van der Waals surface area contributed by atoms with E-state index in [1.54, 1.807) is 19.6 Å². The molecule has 0 spiro atoms. The third-order valence-electron chi connectivity index (χ3n) is 4.56. The van der Waals surface area contributed by atoms with Crippen LogP contribution in [-0.4, -0.2) is 29.1 Å². The maximum Gasteiger partial charge on any atom is 0.138 e. The van der Waals surface area contributed by atoms with Gasteiger partial charge in [-0.2, -0.15) is 0 Å². The van der Waals surface area contributed by atoms with Crippen LogP contribution in [0.2, 0.25) is 0 Å². The molecule has 6 heteroatoms. The van der Waals surface area contributed by atoms with Crippen LogP contribution in [0.1, 0.15) is 0 Å². The van der Waals surface area contributed by atoms with Gasteiger partial charge in [-0.05, 0) is 35.9 Å². The normalized spacial score (nSPS) is 10.4. The summed E-state index contributed by atoms with van der Waals surface area (Å²) in [7, 11) is 3.62. The maximum absolute atomic E-state index is 5.27. The van der Waals surface area contributed by atoms with Gasteiger partial charge in [0, 0.05) is 36.2 Å². The van der Waals surface area contributed by atoms with Crippen molar-refractivity contribution in [2.45, 2.75) is 0 Å². The Labute approximate surface area is 169 Å². The lowest BCUT2D eigenvalue weighted by Gasteiger charge is -2.18. The number of para-hydroxylation sites is 1. The molecule has 6 nitrogen and oxygen atoms in total. The molecule has 0 atom stereocenters. The fraction of sp³-hybridized carbons (Fsp3) is 0.0870. The van der Waals surface area contributed by atoms with Crippen molar-refractivity contribution in [1.29, 1.82) is 0 Å². The second-order valence-corrected chi connectivity index (χ2v) is 6.48. The first-order valence-electron chi connectivity index (χ1n) is 9.20. The van der Waals surface area contributed by atoms with E-state index >= 15 is 0 Å². The molecule has 2 aromatic carbocycles. The van der Waals surface area contributed by atoms with E-state index in [9.17, 15) is 0 Å². The first kappa shape index (κ1) is 18.4. The van der Waals surface area contributed by atoms with Gasteiger partial charge >= 0.3 is 0 Å². The first-order chi connectivity index (χ1) is 14.2. The summed E-state index contributed by atoms with van der Waals surface area (Å²) in [6, 6.07) is 22.1. The Kier molecular flexibility index (Phi) is 5.33. The number of aromatic nitrogens is 3. The van der Waals surface area contributed by atoms with E-state index in [0.29, 0.717) is 0 Å². The van der Waals surface area contributed by atoms with Gasteiger partial charge < -0.3 is 15.0 Å². The molecule has 0 fully saturated rings. The summed E-state index contributed by atoms with van der Waals surface area (Å²) >= 11 is 0. The van der Waals surface area contributed by atoms with Crippen molar-refractivity contribution < 1.29 is 4.74 Å². The molecule has 2 aromatic heterocycles. The maximum atomic E-state index is 5.27. The molecular weight excluding hydrogens is 362 g/mol. The average molecular weight is 383 g/mol. The Bertz CT molecular complexity index is 1100. The summed E-state index contributed by atoms with van der Waals surface area (Å²) in [6.45, 7) is 0. The van der Waals surface area contributed by atoms with Crippen molar-refractivity contribution in [3.05, 3.63) is 85.5 Å². The number of rotatable bonds is 6. The van der Waals surface area contributed by atoms with Crippen LogP contribution in [0.5, 0.6) is 5.75 Å². The van der Waals surface area contributed by atoms with Gasteiger partial charge in [-0.15, -0.1) is 0 Å². The quantitative estimate of drug-likeness (QED) is 0.502. The van der Waals surface area contributed by atoms with Gasteiger partial charge in [-0.1, -0.05) is 30.3 Å². The Balaban J connectivity index is 1.57. The van der Waals surface area contributed by atoms with Crippen LogP contribution >= 0.6 is 0 Å². The van der Waals surface area contributed by atoms with Gasteiger partial charge in [0.2, 0.25) is 0 Å². The van der Waals surface area contributed by atoms with Crippen molar-refractivity contribution in [2.24, 2.45) is 0 Å². The zero-order valence-corrected chi connectivity index (χ0v) is 16.3. The number of nitrogens with zero attached hydrogens (tertiary/aromatic N) is 4. The van der Waals surface area contributed by atoms with E-state index in [4.69, 9.17) is 4.74 Å². The molecule has 0 aliphatic carbocycles. The van der Waals surface area contributed by atoms with Gasteiger partial charge in [0.25, 0.3) is 0 Å². The van der Waals surface area contributed by atoms with Gasteiger partial charge in [0.1, 0.15) is 23.7 Å². The molecule has 4 aromatic rings. The van der Waals surface area contributed by atoms with E-state index in [0.717, 1.165) is 39.9 Å². The Morgan fingerprint density at radius 3 is 2.55 bits per heavy atom. The lowest BCUT2D eigenvalue weighted by molar-refractivity contribution is 0.413. The molecule has 1 N–H and O–H groups in total. The second kappa shape index (κ2) is 8.39. The summed E-state index contributed by atoms with van der Waals surface area (Å²) in [5, 5.41) is 3.36. The minimum atomic E-state index is 0.721. The monoisotopic (exact) mass is 383 g/mol. The summed E-state index contributed by atoms with van der Waals surface area (Å²) < 4.78 is 5.27. The van der Waals surface area contributed by atoms with Crippen molar-refractivity contribution in [3.8, 4) is 16.9 Å². The minimum Gasteiger partial charge on any atom is -0.495 e. The van der Waals surface area contributed by atoms with Gasteiger partial charge in [-0.3, -0.25) is 4.98 Å². The summed E-state index contributed by atoms with van der Waals surface area (Å²) in [5.41, 5.74) is 4.01. The second-order valence-electron chi connectivity index (χ2n) is 6.48. The Morgan fingerprint density at radius 1 is 0.862 bits per heavy atom. The van der Waals surface area contributed by atoms with Crippen LogP contribution in [-0.2, 0) is 0 Å². The number of nitrogens with one attached hydrogen (secondary N) is 1. The number of hydrogen-bond donors (Lipinski definition) is 1. The Morgan fingerprint density at radius 2 is 1.72 bits per heavy atom. The molecule has 0 saturated carbocycles. The fourth-order valence-corrected chi connectivity index (χ4v) is 3.00. The fourth-order valence-electron chi connectivity index (χ4n) is 3.00. The molecular formula is C23H21N5O. The van der Waals surface area contributed by atoms with Crippen LogP contribution in [0, 0.1) is 0 Å². The zero-order chi connectivity index (χ0) is 20.1. The van der Waals surface area contributed by atoms with E-state index < -0.39 is 0 Å². The number of benzene rings is 2. The largest absolute Gasteiger partial charge is 0.495 e. The highest BCUT2D eigenvalue weighted by atomic mass is 16.5. The van der Waals surface area contributed by atoms with Crippen molar-refractivity contribution in [1.82, 2.24) is 15.0 Å². The lowest BCUT2D eigenvalue weighted by atomic mass is 10.1. The zero-order valence-electron chi connectivity index (χ0n) is 16.3. The first-order valence-corrected chi connectivity index (χ1v) is 9.20. The molecule has 0 aliphatic heterocycles.